The fourth-order valence-electron chi connectivity index (χ4n) is 2.96. The van der Waals surface area contributed by atoms with Crippen molar-refractivity contribution < 1.29 is 4.79 Å². The summed E-state index contributed by atoms with van der Waals surface area (Å²) in [5, 5.41) is 4.03. The summed E-state index contributed by atoms with van der Waals surface area (Å²) in [5.41, 5.74) is 6.39. The van der Waals surface area contributed by atoms with Gasteiger partial charge in [-0.05, 0) is 19.4 Å². The number of rotatable bonds is 1. The van der Waals surface area contributed by atoms with Gasteiger partial charge in [-0.3, -0.25) is 14.4 Å². The number of hydrogen-bond donors (Lipinski definition) is 1. The molecule has 2 N–H and O–H groups in total. The number of nitrogens with zero attached hydrogens (tertiary/aromatic N) is 4. The minimum Gasteiger partial charge on any atom is -0.383 e. The molecule has 2 aliphatic rings. The summed E-state index contributed by atoms with van der Waals surface area (Å²) in [6.07, 6.45) is 4.02. The number of carbonyl (C=O) groups is 1. The van der Waals surface area contributed by atoms with Crippen molar-refractivity contribution in [3.8, 4) is 0 Å². The first kappa shape index (κ1) is 11.5. The monoisotopic (exact) mass is 249 g/mol. The summed E-state index contributed by atoms with van der Waals surface area (Å²) < 4.78 is 1.54. The fraction of sp³-hybridized carbons (Fsp3) is 0.667. The van der Waals surface area contributed by atoms with E-state index in [1.165, 1.54) is 19.4 Å². The van der Waals surface area contributed by atoms with E-state index in [4.69, 9.17) is 5.73 Å². The molecule has 6 heteroatoms. The van der Waals surface area contributed by atoms with Crippen LogP contribution in [0.3, 0.4) is 0 Å². The first-order valence-electron chi connectivity index (χ1n) is 6.47. The number of amides is 1. The molecule has 0 aliphatic carbocycles. The molecular formula is C12H19N5O. The van der Waals surface area contributed by atoms with Gasteiger partial charge in [0.05, 0.1) is 6.20 Å². The molecule has 0 saturated carbocycles. The zero-order valence-corrected chi connectivity index (χ0v) is 10.7. The summed E-state index contributed by atoms with van der Waals surface area (Å²) >= 11 is 0. The van der Waals surface area contributed by atoms with Crippen LogP contribution >= 0.6 is 0 Å². The summed E-state index contributed by atoms with van der Waals surface area (Å²) in [6, 6.07) is 0.542. The van der Waals surface area contributed by atoms with Crippen LogP contribution in [0, 0.1) is 0 Å². The molecular weight excluding hydrogens is 230 g/mol. The van der Waals surface area contributed by atoms with Gasteiger partial charge < -0.3 is 10.6 Å². The van der Waals surface area contributed by atoms with Crippen LogP contribution in [0.25, 0.3) is 0 Å². The lowest BCUT2D eigenvalue weighted by molar-refractivity contribution is 0.0572. The number of hydrogen-bond acceptors (Lipinski definition) is 4. The largest absolute Gasteiger partial charge is 0.383 e. The predicted molar refractivity (Wildman–Crippen MR) is 68.1 cm³/mol. The average molecular weight is 249 g/mol. The van der Waals surface area contributed by atoms with Crippen molar-refractivity contribution >= 4 is 11.7 Å². The zero-order chi connectivity index (χ0) is 12.7. The van der Waals surface area contributed by atoms with Gasteiger partial charge >= 0.3 is 0 Å². The van der Waals surface area contributed by atoms with E-state index in [1.807, 2.05) is 4.90 Å². The Morgan fingerprint density at radius 1 is 1.44 bits per heavy atom. The Bertz CT molecular complexity index is 469. The quantitative estimate of drug-likeness (QED) is 0.756. The zero-order valence-electron chi connectivity index (χ0n) is 10.7. The van der Waals surface area contributed by atoms with Gasteiger partial charge in [0, 0.05) is 32.7 Å². The maximum absolute atomic E-state index is 12.4. The van der Waals surface area contributed by atoms with Crippen LogP contribution in [0.4, 0.5) is 5.82 Å². The molecule has 0 radical (unpaired) electrons. The first-order valence-corrected chi connectivity index (χ1v) is 6.47. The van der Waals surface area contributed by atoms with Gasteiger partial charge in [0.25, 0.3) is 5.91 Å². The number of aryl methyl sites for hydroxylation is 1. The highest BCUT2D eigenvalue weighted by Crippen LogP contribution is 2.23. The molecule has 1 aromatic rings. The molecule has 0 spiro atoms. The number of nitrogen functional groups attached to an aromatic ring is 1. The van der Waals surface area contributed by atoms with Crippen molar-refractivity contribution in [2.45, 2.75) is 18.9 Å². The molecule has 0 bridgehead atoms. The van der Waals surface area contributed by atoms with Crippen LogP contribution in [0.15, 0.2) is 6.20 Å². The number of carbonyl (C=O) groups excluding carboxylic acids is 1. The van der Waals surface area contributed by atoms with Crippen LogP contribution in [0.1, 0.15) is 23.2 Å². The number of nitrogens with two attached hydrogens (primary N) is 1. The number of fused-ring (bicyclic) bond motifs is 1. The molecule has 1 amide bonds. The molecule has 2 saturated heterocycles. The van der Waals surface area contributed by atoms with Crippen molar-refractivity contribution in [1.29, 1.82) is 0 Å². The Hall–Kier alpha value is -1.56. The lowest BCUT2D eigenvalue weighted by atomic mass is 10.1. The fourth-order valence-corrected chi connectivity index (χ4v) is 2.96. The minimum absolute atomic E-state index is 0.0205. The third-order valence-corrected chi connectivity index (χ3v) is 4.09. The van der Waals surface area contributed by atoms with Crippen molar-refractivity contribution in [1.82, 2.24) is 19.6 Å². The highest BCUT2D eigenvalue weighted by Gasteiger charge is 2.33. The molecule has 1 aromatic heterocycles. The first-order chi connectivity index (χ1) is 8.66. The number of aromatic nitrogens is 2. The smallest absolute Gasteiger partial charge is 0.259 e. The van der Waals surface area contributed by atoms with E-state index in [9.17, 15) is 4.79 Å². The summed E-state index contributed by atoms with van der Waals surface area (Å²) in [4.78, 5) is 16.8. The SMILES string of the molecule is Cn1ncc(C(=O)N2CCN3CCCC3C2)c1N. The molecule has 6 nitrogen and oxygen atoms in total. The molecule has 2 fully saturated rings. The maximum Gasteiger partial charge on any atom is 0.259 e. The van der Waals surface area contributed by atoms with E-state index in [2.05, 4.69) is 10.00 Å². The average Bonchev–Trinajstić information content (AvgIpc) is 2.96. The highest BCUT2D eigenvalue weighted by molar-refractivity contribution is 5.98. The Kier molecular flexibility index (Phi) is 2.74. The Labute approximate surface area is 106 Å². The molecule has 18 heavy (non-hydrogen) atoms. The van der Waals surface area contributed by atoms with Gasteiger partial charge in [0.2, 0.25) is 0 Å². The predicted octanol–water partition coefficient (Wildman–Crippen LogP) is -0.0775. The van der Waals surface area contributed by atoms with Crippen molar-refractivity contribution in [3.05, 3.63) is 11.8 Å². The van der Waals surface area contributed by atoms with E-state index < -0.39 is 0 Å². The summed E-state index contributed by atoms with van der Waals surface area (Å²) in [5.74, 6) is 0.473. The Balaban J connectivity index is 1.75. The van der Waals surface area contributed by atoms with E-state index >= 15 is 0 Å². The molecule has 3 rings (SSSR count). The standard InChI is InChI=1S/C12H19N5O/c1-15-11(13)10(7-14-15)12(18)17-6-5-16-4-2-3-9(16)8-17/h7,9H,2-6,8,13H2,1H3. The number of anilines is 1. The van der Waals surface area contributed by atoms with Gasteiger partial charge in [-0.25, -0.2) is 0 Å². The van der Waals surface area contributed by atoms with Gasteiger partial charge in [-0.2, -0.15) is 5.10 Å². The van der Waals surface area contributed by atoms with Crippen molar-refractivity contribution in [2.75, 3.05) is 31.9 Å². The minimum atomic E-state index is 0.0205. The normalized spacial score (nSPS) is 24.3. The van der Waals surface area contributed by atoms with Crippen LogP contribution in [-0.4, -0.2) is 57.7 Å². The lowest BCUT2D eigenvalue weighted by Gasteiger charge is -2.37. The summed E-state index contributed by atoms with van der Waals surface area (Å²) in [7, 11) is 1.75. The second kappa shape index (κ2) is 4.28. The van der Waals surface area contributed by atoms with Crippen molar-refractivity contribution in [2.24, 2.45) is 7.05 Å². The second-order valence-electron chi connectivity index (χ2n) is 5.15. The van der Waals surface area contributed by atoms with E-state index in [0.29, 0.717) is 17.4 Å². The maximum atomic E-state index is 12.4. The van der Waals surface area contributed by atoms with Crippen LogP contribution in [0.5, 0.6) is 0 Å². The highest BCUT2D eigenvalue weighted by atomic mass is 16.2. The van der Waals surface area contributed by atoms with Crippen LogP contribution in [-0.2, 0) is 7.05 Å². The molecule has 98 valence electrons. The van der Waals surface area contributed by atoms with Gasteiger partial charge in [-0.1, -0.05) is 0 Å². The van der Waals surface area contributed by atoms with E-state index in [1.54, 1.807) is 17.9 Å². The van der Waals surface area contributed by atoms with Crippen LogP contribution < -0.4 is 5.73 Å². The van der Waals surface area contributed by atoms with Crippen molar-refractivity contribution in [3.63, 3.8) is 0 Å². The molecule has 2 aliphatic heterocycles. The van der Waals surface area contributed by atoms with E-state index in [-0.39, 0.29) is 5.91 Å². The van der Waals surface area contributed by atoms with E-state index in [0.717, 1.165) is 19.6 Å². The van der Waals surface area contributed by atoms with Gasteiger partial charge in [-0.15, -0.1) is 0 Å². The topological polar surface area (TPSA) is 67.4 Å². The van der Waals surface area contributed by atoms with Crippen LogP contribution in [0.2, 0.25) is 0 Å². The molecule has 1 unspecified atom stereocenters. The van der Waals surface area contributed by atoms with Gasteiger partial charge in [0.15, 0.2) is 0 Å². The molecule has 0 aromatic carbocycles. The Morgan fingerprint density at radius 2 is 2.28 bits per heavy atom. The van der Waals surface area contributed by atoms with Gasteiger partial charge in [0.1, 0.15) is 11.4 Å². The number of piperazine rings is 1. The summed E-state index contributed by atoms with van der Waals surface area (Å²) in [6.45, 7) is 3.79. The molecule has 1 atom stereocenters. The molecule has 3 heterocycles. The third kappa shape index (κ3) is 1.77. The third-order valence-electron chi connectivity index (χ3n) is 4.09. The Morgan fingerprint density at radius 3 is 3.00 bits per heavy atom. The lowest BCUT2D eigenvalue weighted by Crippen LogP contribution is -2.52. The second-order valence-corrected chi connectivity index (χ2v) is 5.15.